The number of nitrogens with zero attached hydrogens (tertiary/aromatic N) is 3. The molecule has 3 aliphatic heterocycles. The van der Waals surface area contributed by atoms with Gasteiger partial charge in [-0.05, 0) is 109 Å². The molecule has 0 saturated carbocycles. The van der Waals surface area contributed by atoms with Crippen LogP contribution in [0.5, 0.6) is 0 Å². The third kappa shape index (κ3) is 5.82. The fraction of sp³-hybridized carbons (Fsp3) is 0.432. The van der Waals surface area contributed by atoms with Crippen LogP contribution in [0.1, 0.15) is 42.9 Å². The number of hydrogen-bond acceptors (Lipinski definition) is 6. The molecule has 8 nitrogen and oxygen atoms in total. The van der Waals surface area contributed by atoms with E-state index >= 15 is 0 Å². The highest BCUT2D eigenvalue weighted by Crippen LogP contribution is 2.47. The molecule has 3 saturated heterocycles. The number of carbonyl (C=O) groups excluding carboxylic acids is 1. The highest BCUT2D eigenvalue weighted by molar-refractivity contribution is 6.06. The Morgan fingerprint density at radius 3 is 2.44 bits per heavy atom. The van der Waals surface area contributed by atoms with Crippen LogP contribution in [0, 0.1) is 5.41 Å². The van der Waals surface area contributed by atoms with E-state index in [9.17, 15) is 27.9 Å². The van der Waals surface area contributed by atoms with Gasteiger partial charge in [0.1, 0.15) is 11.5 Å². The summed E-state index contributed by atoms with van der Waals surface area (Å²) in [7, 11) is 2.14. The number of carboxylic acid groups (broad SMARTS) is 1. The summed E-state index contributed by atoms with van der Waals surface area (Å²) in [6.07, 6.45) is -0.0206. The zero-order valence-corrected chi connectivity index (χ0v) is 26.8. The Balaban J connectivity index is 1.20. The maximum atomic E-state index is 14.6. The smallest absolute Gasteiger partial charge is 0.403 e. The van der Waals surface area contributed by atoms with Crippen LogP contribution in [0.2, 0.25) is 0 Å². The molecular weight excluding hydrogens is 621 g/mol. The SMILES string of the molecule is CN1CCCC1c1cc(-c2cccc3c(C[C@H](NC(=O)C4(C(F)(F)F)CCN(C5COC5)CC4)C(=O)O)cccc23)c2cnccc2c1. The number of alkyl halides is 3. The first-order valence-electron chi connectivity index (χ1n) is 16.6. The normalized spacial score (nSPS) is 21.3. The zero-order chi connectivity index (χ0) is 33.6. The number of fused-ring (bicyclic) bond motifs is 2. The zero-order valence-electron chi connectivity index (χ0n) is 26.8. The topological polar surface area (TPSA) is 95.0 Å². The lowest BCUT2D eigenvalue weighted by molar-refractivity contribution is -0.236. The molecule has 0 spiro atoms. The van der Waals surface area contributed by atoms with Crippen LogP contribution in [-0.4, -0.2) is 89.9 Å². The van der Waals surface area contributed by atoms with Gasteiger partial charge in [-0.3, -0.25) is 19.6 Å². The standard InChI is InChI=1S/C37H39F3N4O4/c1-43-14-4-9-33(43)25-17-24-10-13-41-20-31(24)30(18-25)29-8-3-6-27-23(5-2-7-28(27)29)19-32(34(45)46)42-35(47)36(37(38,39)40)11-15-44(16-12-36)26-21-48-22-26/h2-3,5-8,10,13,17-18,20,26,32-33H,4,9,11-12,14-16,19,21-22H2,1H3,(H,42,47)(H,45,46)/t32-,33?/m0/s1. The molecule has 1 aromatic heterocycles. The Labute approximate surface area is 276 Å². The molecule has 0 radical (unpaired) electrons. The number of rotatable bonds is 8. The number of pyridine rings is 1. The van der Waals surface area contributed by atoms with Crippen molar-refractivity contribution < 1.29 is 32.6 Å². The van der Waals surface area contributed by atoms with Crippen molar-refractivity contribution in [2.75, 3.05) is 39.9 Å². The number of aromatic nitrogens is 1. The van der Waals surface area contributed by atoms with Crippen molar-refractivity contribution in [3.05, 3.63) is 78.1 Å². The van der Waals surface area contributed by atoms with Crippen LogP contribution in [0.4, 0.5) is 13.2 Å². The summed E-state index contributed by atoms with van der Waals surface area (Å²) in [4.78, 5) is 34.7. The Hall–Kier alpha value is -4.06. The van der Waals surface area contributed by atoms with Gasteiger partial charge >= 0.3 is 12.1 Å². The number of ether oxygens (including phenoxy) is 1. The van der Waals surface area contributed by atoms with Gasteiger partial charge in [0, 0.05) is 30.2 Å². The van der Waals surface area contributed by atoms with Crippen LogP contribution in [0.3, 0.4) is 0 Å². The van der Waals surface area contributed by atoms with Crippen LogP contribution in [-0.2, 0) is 20.7 Å². The third-order valence-electron chi connectivity index (χ3n) is 10.8. The maximum absolute atomic E-state index is 14.6. The van der Waals surface area contributed by atoms with Crippen LogP contribution in [0.25, 0.3) is 32.7 Å². The van der Waals surface area contributed by atoms with Gasteiger partial charge in [0.05, 0.1) is 19.3 Å². The average Bonchev–Trinajstić information content (AvgIpc) is 3.48. The van der Waals surface area contributed by atoms with E-state index in [0.29, 0.717) is 24.8 Å². The lowest BCUT2D eigenvalue weighted by Gasteiger charge is -2.46. The molecule has 4 aromatic rings. The van der Waals surface area contributed by atoms with Crippen molar-refractivity contribution in [1.29, 1.82) is 0 Å². The molecule has 11 heteroatoms. The van der Waals surface area contributed by atoms with Crippen LogP contribution >= 0.6 is 0 Å². The maximum Gasteiger partial charge on any atom is 0.403 e. The Bertz CT molecular complexity index is 1850. The lowest BCUT2D eigenvalue weighted by atomic mass is 9.76. The molecule has 1 unspecified atom stereocenters. The molecule has 1 amide bonds. The minimum atomic E-state index is -4.82. The number of carboxylic acids is 1. The van der Waals surface area contributed by atoms with Crippen molar-refractivity contribution in [2.45, 2.75) is 56.4 Å². The fourth-order valence-electron chi connectivity index (χ4n) is 7.82. The van der Waals surface area contributed by atoms with E-state index in [1.807, 2.05) is 47.5 Å². The molecule has 0 bridgehead atoms. The fourth-order valence-corrected chi connectivity index (χ4v) is 7.82. The molecule has 3 aliphatic rings. The average molecular weight is 661 g/mol. The molecule has 252 valence electrons. The summed E-state index contributed by atoms with van der Waals surface area (Å²) in [5.74, 6) is -2.66. The van der Waals surface area contributed by atoms with E-state index in [0.717, 1.165) is 52.1 Å². The molecule has 3 aromatic carbocycles. The van der Waals surface area contributed by atoms with Crippen molar-refractivity contribution >= 4 is 33.4 Å². The third-order valence-corrected chi connectivity index (χ3v) is 10.8. The second-order valence-corrected chi connectivity index (χ2v) is 13.5. The first-order valence-corrected chi connectivity index (χ1v) is 16.6. The van der Waals surface area contributed by atoms with Gasteiger partial charge in [0.15, 0.2) is 0 Å². The van der Waals surface area contributed by atoms with Crippen molar-refractivity contribution in [3.63, 3.8) is 0 Å². The van der Waals surface area contributed by atoms with Gasteiger partial charge in [0.25, 0.3) is 0 Å². The monoisotopic (exact) mass is 660 g/mol. The Morgan fingerprint density at radius 1 is 1.02 bits per heavy atom. The molecule has 48 heavy (non-hydrogen) atoms. The number of aliphatic carboxylic acids is 1. The number of amides is 1. The summed E-state index contributed by atoms with van der Waals surface area (Å²) in [5, 5.41) is 16.2. The number of benzene rings is 3. The van der Waals surface area contributed by atoms with Gasteiger partial charge in [-0.2, -0.15) is 13.2 Å². The predicted octanol–water partition coefficient (Wildman–Crippen LogP) is 5.98. The number of halogens is 3. The number of nitrogens with one attached hydrogen (secondary N) is 1. The van der Waals surface area contributed by atoms with E-state index < -0.39 is 42.4 Å². The number of piperidine rings is 1. The van der Waals surface area contributed by atoms with Gasteiger partial charge in [-0.1, -0.05) is 36.4 Å². The summed E-state index contributed by atoms with van der Waals surface area (Å²) in [6, 6.07) is 16.7. The van der Waals surface area contributed by atoms with E-state index in [1.165, 1.54) is 5.56 Å². The number of hydrogen-bond donors (Lipinski definition) is 2. The van der Waals surface area contributed by atoms with Crippen molar-refractivity contribution in [1.82, 2.24) is 20.1 Å². The van der Waals surface area contributed by atoms with Gasteiger partial charge in [-0.15, -0.1) is 0 Å². The predicted molar refractivity (Wildman–Crippen MR) is 176 cm³/mol. The first kappa shape index (κ1) is 32.5. The van der Waals surface area contributed by atoms with Crippen molar-refractivity contribution in [2.24, 2.45) is 5.41 Å². The highest BCUT2D eigenvalue weighted by Gasteiger charge is 2.61. The molecular formula is C37H39F3N4O4. The molecule has 4 heterocycles. The van der Waals surface area contributed by atoms with Crippen molar-refractivity contribution in [3.8, 4) is 11.1 Å². The molecule has 0 aliphatic carbocycles. The number of likely N-dealkylation sites (tertiary alicyclic amines) is 2. The summed E-state index contributed by atoms with van der Waals surface area (Å²) in [5.41, 5.74) is 1.15. The molecule has 2 N–H and O–H groups in total. The van der Waals surface area contributed by atoms with E-state index in [4.69, 9.17) is 4.74 Å². The second-order valence-electron chi connectivity index (χ2n) is 13.5. The quantitative estimate of drug-likeness (QED) is 0.240. The largest absolute Gasteiger partial charge is 0.480 e. The highest BCUT2D eigenvalue weighted by atomic mass is 19.4. The van der Waals surface area contributed by atoms with E-state index in [2.05, 4.69) is 34.4 Å². The number of carbonyl (C=O) groups is 2. The summed E-state index contributed by atoms with van der Waals surface area (Å²) < 4.78 is 48.9. The summed E-state index contributed by atoms with van der Waals surface area (Å²) in [6.45, 7) is 2.15. The van der Waals surface area contributed by atoms with Gasteiger partial charge < -0.3 is 15.2 Å². The lowest BCUT2D eigenvalue weighted by Crippen LogP contribution is -2.61. The minimum absolute atomic E-state index is 0.0584. The molecule has 2 atom stereocenters. The second kappa shape index (κ2) is 12.8. The first-order chi connectivity index (χ1) is 23.1. The Kier molecular flexibility index (Phi) is 8.63. The van der Waals surface area contributed by atoms with E-state index in [1.54, 1.807) is 12.3 Å². The molecule has 7 rings (SSSR count). The molecule has 3 fully saturated rings. The Morgan fingerprint density at radius 2 is 1.77 bits per heavy atom. The van der Waals surface area contributed by atoms with Crippen LogP contribution < -0.4 is 5.32 Å². The van der Waals surface area contributed by atoms with Crippen LogP contribution in [0.15, 0.2) is 67.0 Å². The minimum Gasteiger partial charge on any atom is -0.480 e. The van der Waals surface area contributed by atoms with E-state index in [-0.39, 0.29) is 25.6 Å². The summed E-state index contributed by atoms with van der Waals surface area (Å²) >= 11 is 0. The van der Waals surface area contributed by atoms with Gasteiger partial charge in [-0.25, -0.2) is 4.79 Å². The van der Waals surface area contributed by atoms with Gasteiger partial charge in [0.2, 0.25) is 5.91 Å².